The van der Waals surface area contributed by atoms with Gasteiger partial charge in [-0.25, -0.2) is 0 Å². The summed E-state index contributed by atoms with van der Waals surface area (Å²) < 4.78 is 10.9. The molecule has 0 aliphatic carbocycles. The molecular formula is C16H13ClN2O2. The van der Waals surface area contributed by atoms with E-state index in [0.29, 0.717) is 23.3 Å². The van der Waals surface area contributed by atoms with Crippen molar-refractivity contribution in [3.63, 3.8) is 0 Å². The van der Waals surface area contributed by atoms with Crippen molar-refractivity contribution in [2.45, 2.75) is 6.92 Å². The summed E-state index contributed by atoms with van der Waals surface area (Å²) in [6, 6.07) is 14.9. The monoisotopic (exact) mass is 300 g/mol. The van der Waals surface area contributed by atoms with Crippen molar-refractivity contribution in [1.29, 1.82) is 0 Å². The molecule has 0 amide bonds. The second-order valence-electron chi connectivity index (χ2n) is 4.36. The molecule has 0 aliphatic rings. The molecule has 1 aromatic heterocycles. The summed E-state index contributed by atoms with van der Waals surface area (Å²) in [5, 5.41) is 4.68. The van der Waals surface area contributed by atoms with Crippen molar-refractivity contribution in [2.75, 3.05) is 6.61 Å². The second-order valence-corrected chi connectivity index (χ2v) is 4.80. The molecule has 1 heterocycles. The molecule has 0 atom stereocenters. The molecule has 4 nitrogen and oxygen atoms in total. The number of hydrogen-bond donors (Lipinski definition) is 0. The molecule has 3 aromatic rings. The topological polar surface area (TPSA) is 48.2 Å². The highest BCUT2D eigenvalue weighted by Crippen LogP contribution is 2.30. The van der Waals surface area contributed by atoms with Gasteiger partial charge >= 0.3 is 0 Å². The van der Waals surface area contributed by atoms with Gasteiger partial charge in [-0.1, -0.05) is 28.9 Å². The van der Waals surface area contributed by atoms with E-state index < -0.39 is 0 Å². The zero-order chi connectivity index (χ0) is 14.7. The van der Waals surface area contributed by atoms with E-state index in [1.165, 1.54) is 0 Å². The Morgan fingerprint density at radius 1 is 1.10 bits per heavy atom. The van der Waals surface area contributed by atoms with Crippen LogP contribution in [0, 0.1) is 0 Å². The first-order chi connectivity index (χ1) is 10.3. The van der Waals surface area contributed by atoms with Gasteiger partial charge in [0.15, 0.2) is 0 Å². The van der Waals surface area contributed by atoms with Crippen molar-refractivity contribution in [3.05, 3.63) is 53.6 Å². The fourth-order valence-electron chi connectivity index (χ4n) is 1.97. The van der Waals surface area contributed by atoms with E-state index >= 15 is 0 Å². The minimum Gasteiger partial charge on any atom is -0.493 e. The van der Waals surface area contributed by atoms with Crippen LogP contribution >= 0.6 is 11.6 Å². The summed E-state index contributed by atoms with van der Waals surface area (Å²) >= 11 is 5.87. The average molecular weight is 301 g/mol. The molecule has 0 radical (unpaired) electrons. The Hall–Kier alpha value is -2.33. The fraction of sp³-hybridized carbons (Fsp3) is 0.125. The summed E-state index contributed by atoms with van der Waals surface area (Å²) in [7, 11) is 0. The zero-order valence-corrected chi connectivity index (χ0v) is 12.2. The van der Waals surface area contributed by atoms with E-state index in [9.17, 15) is 0 Å². The van der Waals surface area contributed by atoms with Gasteiger partial charge in [0.05, 0.1) is 12.2 Å². The Bertz CT molecular complexity index is 738. The third kappa shape index (κ3) is 2.90. The molecule has 0 saturated carbocycles. The summed E-state index contributed by atoms with van der Waals surface area (Å²) in [5.74, 6) is 1.68. The van der Waals surface area contributed by atoms with Gasteiger partial charge in [0.1, 0.15) is 5.75 Å². The third-order valence-electron chi connectivity index (χ3n) is 2.95. The molecule has 0 fully saturated rings. The molecule has 3 rings (SSSR count). The van der Waals surface area contributed by atoms with E-state index in [-0.39, 0.29) is 0 Å². The molecule has 0 spiro atoms. The van der Waals surface area contributed by atoms with Crippen molar-refractivity contribution in [2.24, 2.45) is 0 Å². The van der Waals surface area contributed by atoms with E-state index in [0.717, 1.165) is 16.9 Å². The quantitative estimate of drug-likeness (QED) is 0.714. The lowest BCUT2D eigenvalue weighted by Crippen LogP contribution is -1.93. The Morgan fingerprint density at radius 3 is 2.62 bits per heavy atom. The standard InChI is InChI=1S/C16H13ClN2O2/c1-2-20-14-6-4-3-5-13(14)16-18-15(19-21-16)11-7-9-12(17)10-8-11/h3-10H,2H2,1H3. The Kier molecular flexibility index (Phi) is 3.88. The van der Waals surface area contributed by atoms with Gasteiger partial charge in [-0.05, 0) is 43.3 Å². The maximum atomic E-state index is 5.87. The minimum absolute atomic E-state index is 0.434. The maximum Gasteiger partial charge on any atom is 0.262 e. The van der Waals surface area contributed by atoms with E-state index in [1.54, 1.807) is 12.1 Å². The van der Waals surface area contributed by atoms with Gasteiger partial charge in [-0.15, -0.1) is 0 Å². The molecule has 106 valence electrons. The predicted molar refractivity (Wildman–Crippen MR) is 81.3 cm³/mol. The Labute approximate surface area is 127 Å². The van der Waals surface area contributed by atoms with E-state index in [2.05, 4.69) is 10.1 Å². The normalized spacial score (nSPS) is 10.6. The molecule has 0 saturated heterocycles. The number of hydrogen-bond acceptors (Lipinski definition) is 4. The lowest BCUT2D eigenvalue weighted by atomic mass is 10.2. The number of nitrogens with zero attached hydrogens (tertiary/aromatic N) is 2. The van der Waals surface area contributed by atoms with Gasteiger partial charge in [0.2, 0.25) is 5.82 Å². The number of rotatable bonds is 4. The Morgan fingerprint density at radius 2 is 1.86 bits per heavy atom. The number of ether oxygens (including phenoxy) is 1. The van der Waals surface area contributed by atoms with Gasteiger partial charge in [-0.3, -0.25) is 0 Å². The lowest BCUT2D eigenvalue weighted by molar-refractivity contribution is 0.339. The molecule has 0 unspecified atom stereocenters. The smallest absolute Gasteiger partial charge is 0.262 e. The number of benzene rings is 2. The van der Waals surface area contributed by atoms with Crippen LogP contribution in [0.15, 0.2) is 53.1 Å². The first kappa shape index (κ1) is 13.6. The fourth-order valence-corrected chi connectivity index (χ4v) is 2.10. The van der Waals surface area contributed by atoms with Gasteiger partial charge < -0.3 is 9.26 Å². The summed E-state index contributed by atoms with van der Waals surface area (Å²) in [6.07, 6.45) is 0. The second kappa shape index (κ2) is 5.97. The van der Waals surface area contributed by atoms with E-state index in [1.807, 2.05) is 43.3 Å². The molecule has 5 heteroatoms. The van der Waals surface area contributed by atoms with Crippen LogP contribution in [0.2, 0.25) is 5.02 Å². The highest BCUT2D eigenvalue weighted by Gasteiger charge is 2.14. The predicted octanol–water partition coefficient (Wildman–Crippen LogP) is 4.46. The SMILES string of the molecule is CCOc1ccccc1-c1nc(-c2ccc(Cl)cc2)no1. The molecule has 21 heavy (non-hydrogen) atoms. The maximum absolute atomic E-state index is 5.87. The van der Waals surface area contributed by atoms with Crippen LogP contribution in [0.25, 0.3) is 22.8 Å². The average Bonchev–Trinajstić information content (AvgIpc) is 2.99. The zero-order valence-electron chi connectivity index (χ0n) is 11.4. The molecular weight excluding hydrogens is 288 g/mol. The minimum atomic E-state index is 0.434. The summed E-state index contributed by atoms with van der Waals surface area (Å²) in [5.41, 5.74) is 1.63. The van der Waals surface area contributed by atoms with Gasteiger partial charge in [0.25, 0.3) is 5.89 Å². The molecule has 2 aromatic carbocycles. The molecule has 0 bridgehead atoms. The van der Waals surface area contributed by atoms with Crippen molar-refractivity contribution < 1.29 is 9.26 Å². The first-order valence-electron chi connectivity index (χ1n) is 6.60. The largest absolute Gasteiger partial charge is 0.493 e. The number of aromatic nitrogens is 2. The third-order valence-corrected chi connectivity index (χ3v) is 3.20. The van der Waals surface area contributed by atoms with Gasteiger partial charge in [-0.2, -0.15) is 4.98 Å². The first-order valence-corrected chi connectivity index (χ1v) is 6.97. The van der Waals surface area contributed by atoms with Crippen LogP contribution in [-0.2, 0) is 0 Å². The number of para-hydroxylation sites is 1. The van der Waals surface area contributed by atoms with Crippen molar-refractivity contribution in [1.82, 2.24) is 10.1 Å². The lowest BCUT2D eigenvalue weighted by Gasteiger charge is -2.05. The summed E-state index contributed by atoms with van der Waals surface area (Å²) in [6.45, 7) is 2.51. The number of halogens is 1. The molecule has 0 N–H and O–H groups in total. The van der Waals surface area contributed by atoms with Crippen molar-refractivity contribution in [3.8, 4) is 28.6 Å². The van der Waals surface area contributed by atoms with Crippen LogP contribution in [-0.4, -0.2) is 16.7 Å². The van der Waals surface area contributed by atoms with Crippen LogP contribution < -0.4 is 4.74 Å². The highest BCUT2D eigenvalue weighted by atomic mass is 35.5. The summed E-state index contributed by atoms with van der Waals surface area (Å²) in [4.78, 5) is 4.42. The van der Waals surface area contributed by atoms with Crippen LogP contribution in [0.3, 0.4) is 0 Å². The van der Waals surface area contributed by atoms with Crippen LogP contribution in [0.1, 0.15) is 6.92 Å². The Balaban J connectivity index is 1.97. The molecule has 0 aliphatic heterocycles. The highest BCUT2D eigenvalue weighted by molar-refractivity contribution is 6.30. The van der Waals surface area contributed by atoms with Crippen LogP contribution in [0.5, 0.6) is 5.75 Å². The van der Waals surface area contributed by atoms with Gasteiger partial charge in [0, 0.05) is 10.6 Å². The van der Waals surface area contributed by atoms with Crippen LogP contribution in [0.4, 0.5) is 0 Å². The van der Waals surface area contributed by atoms with E-state index in [4.69, 9.17) is 20.9 Å². The van der Waals surface area contributed by atoms with Crippen molar-refractivity contribution >= 4 is 11.6 Å².